The first kappa shape index (κ1) is 15.1. The van der Waals surface area contributed by atoms with Gasteiger partial charge in [0, 0.05) is 11.8 Å². The zero-order chi connectivity index (χ0) is 15.2. The van der Waals surface area contributed by atoms with Crippen LogP contribution < -0.4 is 5.32 Å². The van der Waals surface area contributed by atoms with Gasteiger partial charge in [0.2, 0.25) is 5.91 Å². The van der Waals surface area contributed by atoms with E-state index in [-0.39, 0.29) is 5.91 Å². The monoisotopic (exact) mass is 283 g/mol. The summed E-state index contributed by atoms with van der Waals surface area (Å²) in [6.45, 7) is 6.06. The second kappa shape index (κ2) is 6.93. The van der Waals surface area contributed by atoms with E-state index in [0.29, 0.717) is 5.76 Å². The number of hydrogen-bond donors (Lipinski definition) is 1. The van der Waals surface area contributed by atoms with Crippen molar-refractivity contribution in [1.29, 1.82) is 0 Å². The molecule has 1 N–H and O–H groups in total. The van der Waals surface area contributed by atoms with Crippen LogP contribution in [0.5, 0.6) is 0 Å². The van der Waals surface area contributed by atoms with Crippen LogP contribution in [0.2, 0.25) is 0 Å². The maximum Gasteiger partial charge on any atom is 0.248 e. The summed E-state index contributed by atoms with van der Waals surface area (Å²) in [6.07, 6.45) is 4.97. The van der Waals surface area contributed by atoms with Crippen molar-refractivity contribution in [2.75, 3.05) is 5.32 Å². The quantitative estimate of drug-likeness (QED) is 0.828. The fourth-order valence-electron chi connectivity index (χ4n) is 2.27. The number of carbonyl (C=O) groups excluding carboxylic acids is 1. The van der Waals surface area contributed by atoms with E-state index in [9.17, 15) is 4.79 Å². The van der Waals surface area contributed by atoms with E-state index in [1.54, 1.807) is 6.08 Å². The average Bonchev–Trinajstić information content (AvgIpc) is 2.91. The Balaban J connectivity index is 2.14. The van der Waals surface area contributed by atoms with E-state index >= 15 is 0 Å². The summed E-state index contributed by atoms with van der Waals surface area (Å²) < 4.78 is 5.41. The number of nitrogens with one attached hydrogen (secondary N) is 1. The van der Waals surface area contributed by atoms with Gasteiger partial charge >= 0.3 is 0 Å². The Labute approximate surface area is 125 Å². The van der Waals surface area contributed by atoms with Crippen molar-refractivity contribution < 1.29 is 9.21 Å². The van der Waals surface area contributed by atoms with Crippen molar-refractivity contribution in [1.82, 2.24) is 0 Å². The Morgan fingerprint density at radius 3 is 2.33 bits per heavy atom. The van der Waals surface area contributed by atoms with Gasteiger partial charge in [-0.3, -0.25) is 4.79 Å². The summed E-state index contributed by atoms with van der Waals surface area (Å²) in [4.78, 5) is 12.1. The second-order valence-corrected chi connectivity index (χ2v) is 4.93. The molecule has 0 atom stereocenters. The van der Waals surface area contributed by atoms with Crippen LogP contribution in [0.3, 0.4) is 0 Å². The highest BCUT2D eigenvalue weighted by Crippen LogP contribution is 2.22. The van der Waals surface area contributed by atoms with Crippen LogP contribution in [0.4, 0.5) is 5.69 Å². The van der Waals surface area contributed by atoms with Crippen LogP contribution in [0.15, 0.2) is 40.8 Å². The fourth-order valence-corrected chi connectivity index (χ4v) is 2.27. The van der Waals surface area contributed by atoms with Crippen LogP contribution in [0, 0.1) is 6.92 Å². The summed E-state index contributed by atoms with van der Waals surface area (Å²) in [5.74, 6) is 1.38. The standard InChI is InChI=1S/C18H21NO2/c1-4-14-7-6-8-15(5-2)18(14)19-17(20)12-11-16-10-9-13(3)21-16/h6-12H,4-5H2,1-3H3,(H,19,20). The van der Waals surface area contributed by atoms with Gasteiger partial charge in [0.05, 0.1) is 0 Å². The van der Waals surface area contributed by atoms with Gasteiger partial charge in [-0.1, -0.05) is 32.0 Å². The summed E-state index contributed by atoms with van der Waals surface area (Å²) in [6, 6.07) is 9.85. The molecule has 1 heterocycles. The van der Waals surface area contributed by atoms with Crippen molar-refractivity contribution in [3.8, 4) is 0 Å². The number of benzene rings is 1. The Bertz CT molecular complexity index is 631. The lowest BCUT2D eigenvalue weighted by molar-refractivity contribution is -0.111. The lowest BCUT2D eigenvalue weighted by Gasteiger charge is -2.13. The third-order valence-electron chi connectivity index (χ3n) is 3.41. The molecule has 1 amide bonds. The Morgan fingerprint density at radius 1 is 1.14 bits per heavy atom. The van der Waals surface area contributed by atoms with E-state index in [0.717, 1.165) is 35.4 Å². The minimum absolute atomic E-state index is 0.139. The van der Waals surface area contributed by atoms with Crippen LogP contribution in [0.25, 0.3) is 6.08 Å². The number of hydrogen-bond acceptors (Lipinski definition) is 2. The number of anilines is 1. The molecule has 1 aromatic carbocycles. The molecular formula is C18H21NO2. The molecule has 0 unspecified atom stereocenters. The average molecular weight is 283 g/mol. The second-order valence-electron chi connectivity index (χ2n) is 4.93. The Kier molecular flexibility index (Phi) is 4.99. The number of rotatable bonds is 5. The molecule has 1 aromatic heterocycles. The zero-order valence-corrected chi connectivity index (χ0v) is 12.8. The van der Waals surface area contributed by atoms with E-state index in [1.807, 2.05) is 37.3 Å². The van der Waals surface area contributed by atoms with E-state index in [2.05, 4.69) is 19.2 Å². The normalized spacial score (nSPS) is 11.0. The van der Waals surface area contributed by atoms with Crippen LogP contribution in [-0.4, -0.2) is 5.91 Å². The number of amides is 1. The van der Waals surface area contributed by atoms with Gasteiger partial charge in [0.25, 0.3) is 0 Å². The molecular weight excluding hydrogens is 262 g/mol. The summed E-state index contributed by atoms with van der Waals surface area (Å²) in [7, 11) is 0. The smallest absolute Gasteiger partial charge is 0.248 e. The van der Waals surface area contributed by atoms with E-state index in [4.69, 9.17) is 4.42 Å². The Morgan fingerprint density at radius 2 is 1.81 bits per heavy atom. The number of para-hydroxylation sites is 1. The molecule has 0 aliphatic carbocycles. The topological polar surface area (TPSA) is 42.2 Å². The van der Waals surface area contributed by atoms with Crippen molar-refractivity contribution in [2.45, 2.75) is 33.6 Å². The lowest BCUT2D eigenvalue weighted by Crippen LogP contribution is -2.11. The molecule has 2 rings (SSSR count). The minimum atomic E-state index is -0.139. The highest BCUT2D eigenvalue weighted by molar-refractivity contribution is 6.02. The lowest BCUT2D eigenvalue weighted by atomic mass is 10.0. The molecule has 0 bridgehead atoms. The first-order valence-corrected chi connectivity index (χ1v) is 7.30. The van der Waals surface area contributed by atoms with Crippen LogP contribution >= 0.6 is 0 Å². The molecule has 2 aromatic rings. The van der Waals surface area contributed by atoms with Gasteiger partial charge in [0.1, 0.15) is 11.5 Å². The summed E-state index contributed by atoms with van der Waals surface area (Å²) >= 11 is 0. The highest BCUT2D eigenvalue weighted by atomic mass is 16.3. The van der Waals surface area contributed by atoms with Gasteiger partial charge in [0.15, 0.2) is 0 Å². The van der Waals surface area contributed by atoms with Gasteiger partial charge in [-0.05, 0) is 49.1 Å². The molecule has 0 fully saturated rings. The molecule has 110 valence electrons. The van der Waals surface area contributed by atoms with Gasteiger partial charge < -0.3 is 9.73 Å². The van der Waals surface area contributed by atoms with Gasteiger partial charge in [-0.15, -0.1) is 0 Å². The zero-order valence-electron chi connectivity index (χ0n) is 12.8. The van der Waals surface area contributed by atoms with E-state index < -0.39 is 0 Å². The molecule has 0 radical (unpaired) electrons. The molecule has 21 heavy (non-hydrogen) atoms. The fraction of sp³-hybridized carbons (Fsp3) is 0.278. The maximum absolute atomic E-state index is 12.1. The molecule has 0 aliphatic heterocycles. The van der Waals surface area contributed by atoms with E-state index in [1.165, 1.54) is 6.08 Å². The largest absolute Gasteiger partial charge is 0.462 e. The van der Waals surface area contributed by atoms with Crippen LogP contribution in [-0.2, 0) is 17.6 Å². The molecule has 0 saturated carbocycles. The Hall–Kier alpha value is -2.29. The van der Waals surface area contributed by atoms with Crippen LogP contribution in [0.1, 0.15) is 36.5 Å². The predicted molar refractivity (Wildman–Crippen MR) is 86.3 cm³/mol. The first-order valence-electron chi connectivity index (χ1n) is 7.30. The van der Waals surface area contributed by atoms with Gasteiger partial charge in [-0.25, -0.2) is 0 Å². The summed E-state index contributed by atoms with van der Waals surface area (Å²) in [5.41, 5.74) is 3.25. The summed E-state index contributed by atoms with van der Waals surface area (Å²) in [5, 5.41) is 2.99. The highest BCUT2D eigenvalue weighted by Gasteiger charge is 2.08. The molecule has 0 spiro atoms. The maximum atomic E-state index is 12.1. The molecule has 3 heteroatoms. The molecule has 3 nitrogen and oxygen atoms in total. The first-order chi connectivity index (χ1) is 10.1. The molecule has 0 aliphatic rings. The minimum Gasteiger partial charge on any atom is -0.462 e. The third-order valence-corrected chi connectivity index (χ3v) is 3.41. The van der Waals surface area contributed by atoms with Crippen molar-refractivity contribution in [2.24, 2.45) is 0 Å². The van der Waals surface area contributed by atoms with Crippen molar-refractivity contribution in [3.63, 3.8) is 0 Å². The number of carbonyl (C=O) groups is 1. The van der Waals surface area contributed by atoms with Crippen molar-refractivity contribution >= 4 is 17.7 Å². The van der Waals surface area contributed by atoms with Gasteiger partial charge in [-0.2, -0.15) is 0 Å². The SMILES string of the molecule is CCc1cccc(CC)c1NC(=O)C=Cc1ccc(C)o1. The number of aryl methyl sites for hydroxylation is 3. The number of furan rings is 1. The van der Waals surface area contributed by atoms with Crippen molar-refractivity contribution in [3.05, 3.63) is 59.1 Å². The predicted octanol–water partition coefficient (Wildman–Crippen LogP) is 4.36. The molecule has 0 saturated heterocycles. The third kappa shape index (κ3) is 3.85.